The lowest BCUT2D eigenvalue weighted by Crippen LogP contribution is -2.44. The fourth-order valence-corrected chi connectivity index (χ4v) is 3.37. The van der Waals surface area contributed by atoms with Gasteiger partial charge in [0.25, 0.3) is 0 Å². The molecule has 3 heterocycles. The zero-order chi connectivity index (χ0) is 15.9. The molecule has 136 valence electrons. The smallest absolute Gasteiger partial charge is 0.191 e. The Labute approximate surface area is 161 Å². The van der Waals surface area contributed by atoms with Crippen LogP contribution in [0.1, 0.15) is 37.5 Å². The third-order valence-electron chi connectivity index (χ3n) is 4.66. The van der Waals surface area contributed by atoms with Gasteiger partial charge >= 0.3 is 0 Å². The van der Waals surface area contributed by atoms with E-state index in [9.17, 15) is 0 Å². The van der Waals surface area contributed by atoms with Crippen LogP contribution in [0, 0.1) is 0 Å². The predicted octanol–water partition coefficient (Wildman–Crippen LogP) is 2.38. The molecule has 2 saturated heterocycles. The molecule has 0 spiro atoms. The van der Waals surface area contributed by atoms with E-state index in [1.807, 2.05) is 13.1 Å². The van der Waals surface area contributed by atoms with E-state index in [1.54, 1.807) is 6.26 Å². The van der Waals surface area contributed by atoms with Crippen LogP contribution in [0.15, 0.2) is 27.8 Å². The lowest BCUT2D eigenvalue weighted by molar-refractivity contribution is 0.113. The SMILES string of the molecule is CN=C(NCC1CCCO1)NCC(c1ccco1)N1CCCC1.I. The van der Waals surface area contributed by atoms with E-state index in [0.29, 0.717) is 6.10 Å². The minimum atomic E-state index is 0. The van der Waals surface area contributed by atoms with E-state index in [1.165, 1.54) is 12.8 Å². The average molecular weight is 448 g/mol. The van der Waals surface area contributed by atoms with E-state index in [4.69, 9.17) is 9.15 Å². The maximum Gasteiger partial charge on any atom is 0.191 e. The van der Waals surface area contributed by atoms with Crippen LogP contribution in [0.5, 0.6) is 0 Å². The molecule has 3 rings (SSSR count). The molecule has 6 nitrogen and oxygen atoms in total. The Morgan fingerprint density at radius 3 is 2.79 bits per heavy atom. The Kier molecular flexibility index (Phi) is 8.34. The van der Waals surface area contributed by atoms with Gasteiger partial charge in [0.2, 0.25) is 0 Å². The van der Waals surface area contributed by atoms with Gasteiger partial charge in [-0.1, -0.05) is 0 Å². The molecule has 0 aromatic carbocycles. The Morgan fingerprint density at radius 1 is 1.33 bits per heavy atom. The number of hydrogen-bond donors (Lipinski definition) is 2. The van der Waals surface area contributed by atoms with Crippen LogP contribution in [0.4, 0.5) is 0 Å². The molecular weight excluding hydrogens is 419 g/mol. The molecule has 0 amide bonds. The summed E-state index contributed by atoms with van der Waals surface area (Å²) in [6.07, 6.45) is 6.89. The van der Waals surface area contributed by atoms with Crippen molar-refractivity contribution in [2.45, 2.75) is 37.8 Å². The Balaban J connectivity index is 0.00000208. The highest BCUT2D eigenvalue weighted by molar-refractivity contribution is 14.0. The van der Waals surface area contributed by atoms with Crippen molar-refractivity contribution in [1.82, 2.24) is 15.5 Å². The topological polar surface area (TPSA) is 62.0 Å². The van der Waals surface area contributed by atoms with E-state index < -0.39 is 0 Å². The molecule has 24 heavy (non-hydrogen) atoms. The van der Waals surface area contributed by atoms with Gasteiger partial charge in [-0.25, -0.2) is 0 Å². The first-order valence-corrected chi connectivity index (χ1v) is 8.70. The number of furan rings is 1. The third-order valence-corrected chi connectivity index (χ3v) is 4.66. The number of halogens is 1. The molecule has 2 atom stereocenters. The van der Waals surface area contributed by atoms with E-state index >= 15 is 0 Å². The summed E-state index contributed by atoms with van der Waals surface area (Å²) in [7, 11) is 1.81. The minimum absolute atomic E-state index is 0. The van der Waals surface area contributed by atoms with Gasteiger partial charge in [0.05, 0.1) is 18.4 Å². The first-order valence-electron chi connectivity index (χ1n) is 8.70. The number of nitrogens with zero attached hydrogens (tertiary/aromatic N) is 2. The van der Waals surface area contributed by atoms with Gasteiger partial charge in [-0.05, 0) is 50.9 Å². The van der Waals surface area contributed by atoms with Crippen LogP contribution in [0.3, 0.4) is 0 Å². The highest BCUT2D eigenvalue weighted by atomic mass is 127. The molecule has 2 aliphatic heterocycles. The van der Waals surface area contributed by atoms with Crippen LogP contribution < -0.4 is 10.6 Å². The van der Waals surface area contributed by atoms with Crippen molar-refractivity contribution in [2.75, 3.05) is 39.8 Å². The van der Waals surface area contributed by atoms with Crippen LogP contribution in [0.25, 0.3) is 0 Å². The standard InChI is InChI=1S/C17H28N4O2.HI/c1-18-17(19-12-14-6-4-10-22-14)20-13-15(16-7-5-11-23-16)21-8-2-3-9-21;/h5,7,11,14-15H,2-4,6,8-10,12-13H2,1H3,(H2,18,19,20);1H. The molecule has 1 aromatic heterocycles. The molecule has 2 N–H and O–H groups in total. The molecule has 0 bridgehead atoms. The minimum Gasteiger partial charge on any atom is -0.468 e. The number of ether oxygens (including phenoxy) is 1. The Bertz CT molecular complexity index is 483. The summed E-state index contributed by atoms with van der Waals surface area (Å²) in [5.41, 5.74) is 0. The largest absolute Gasteiger partial charge is 0.468 e. The van der Waals surface area contributed by atoms with Crippen LogP contribution in [0.2, 0.25) is 0 Å². The predicted molar refractivity (Wildman–Crippen MR) is 106 cm³/mol. The molecular formula is C17H29IN4O2. The molecule has 7 heteroatoms. The highest BCUT2D eigenvalue weighted by Crippen LogP contribution is 2.24. The first kappa shape index (κ1) is 19.5. The lowest BCUT2D eigenvalue weighted by atomic mass is 10.2. The zero-order valence-corrected chi connectivity index (χ0v) is 16.7. The van der Waals surface area contributed by atoms with E-state index in [0.717, 1.165) is 57.3 Å². The summed E-state index contributed by atoms with van der Waals surface area (Å²) >= 11 is 0. The summed E-state index contributed by atoms with van der Waals surface area (Å²) < 4.78 is 11.3. The van der Waals surface area contributed by atoms with Crippen molar-refractivity contribution in [2.24, 2.45) is 4.99 Å². The quantitative estimate of drug-likeness (QED) is 0.398. The van der Waals surface area contributed by atoms with Crippen molar-refractivity contribution in [3.63, 3.8) is 0 Å². The van der Waals surface area contributed by atoms with Gasteiger partial charge in [0.1, 0.15) is 5.76 Å². The summed E-state index contributed by atoms with van der Waals surface area (Å²) in [5, 5.41) is 6.81. The second-order valence-corrected chi connectivity index (χ2v) is 6.24. The van der Waals surface area contributed by atoms with Crippen molar-refractivity contribution < 1.29 is 9.15 Å². The van der Waals surface area contributed by atoms with Gasteiger partial charge in [-0.15, -0.1) is 24.0 Å². The number of hydrogen-bond acceptors (Lipinski definition) is 4. The average Bonchev–Trinajstić information content (AvgIpc) is 3.34. The number of likely N-dealkylation sites (tertiary alicyclic amines) is 1. The van der Waals surface area contributed by atoms with E-state index in [-0.39, 0.29) is 30.0 Å². The fourth-order valence-electron chi connectivity index (χ4n) is 3.37. The van der Waals surface area contributed by atoms with Crippen LogP contribution in [-0.4, -0.2) is 56.8 Å². The van der Waals surface area contributed by atoms with E-state index in [2.05, 4.69) is 26.6 Å². The summed E-state index contributed by atoms with van der Waals surface area (Å²) in [6.45, 7) is 4.76. The second kappa shape index (κ2) is 10.2. The Hall–Kier alpha value is -0.800. The number of nitrogens with one attached hydrogen (secondary N) is 2. The Morgan fingerprint density at radius 2 is 2.17 bits per heavy atom. The van der Waals surface area contributed by atoms with Crippen molar-refractivity contribution >= 4 is 29.9 Å². The van der Waals surface area contributed by atoms with Gasteiger partial charge in [0.15, 0.2) is 5.96 Å². The van der Waals surface area contributed by atoms with Gasteiger partial charge in [-0.2, -0.15) is 0 Å². The number of rotatable bonds is 6. The molecule has 2 fully saturated rings. The van der Waals surface area contributed by atoms with Crippen molar-refractivity contribution in [3.8, 4) is 0 Å². The molecule has 0 aliphatic carbocycles. The number of aliphatic imine (C=N–C) groups is 1. The van der Waals surface area contributed by atoms with Crippen molar-refractivity contribution in [1.29, 1.82) is 0 Å². The molecule has 2 unspecified atom stereocenters. The normalized spacial score (nSPS) is 23.0. The maximum atomic E-state index is 5.65. The van der Waals surface area contributed by atoms with Gasteiger partial charge < -0.3 is 19.8 Å². The fraction of sp³-hybridized carbons (Fsp3) is 0.706. The highest BCUT2D eigenvalue weighted by Gasteiger charge is 2.25. The monoisotopic (exact) mass is 448 g/mol. The summed E-state index contributed by atoms with van der Waals surface area (Å²) in [6, 6.07) is 4.28. The first-order chi connectivity index (χ1) is 11.4. The molecule has 2 aliphatic rings. The molecule has 0 radical (unpaired) electrons. The van der Waals surface area contributed by atoms with Gasteiger partial charge in [0, 0.05) is 26.7 Å². The molecule has 1 aromatic rings. The summed E-state index contributed by atoms with van der Waals surface area (Å²) in [4.78, 5) is 6.80. The lowest BCUT2D eigenvalue weighted by Gasteiger charge is -2.27. The number of guanidine groups is 1. The van der Waals surface area contributed by atoms with Gasteiger partial charge in [-0.3, -0.25) is 9.89 Å². The maximum absolute atomic E-state index is 5.65. The summed E-state index contributed by atoms with van der Waals surface area (Å²) in [5.74, 6) is 1.85. The van der Waals surface area contributed by atoms with Crippen LogP contribution >= 0.6 is 24.0 Å². The second-order valence-electron chi connectivity index (χ2n) is 6.24. The zero-order valence-electron chi connectivity index (χ0n) is 14.4. The molecule has 0 saturated carbocycles. The van der Waals surface area contributed by atoms with Crippen LogP contribution in [-0.2, 0) is 4.74 Å². The third kappa shape index (κ3) is 5.35. The van der Waals surface area contributed by atoms with Crippen molar-refractivity contribution in [3.05, 3.63) is 24.2 Å².